The van der Waals surface area contributed by atoms with Crippen molar-refractivity contribution in [3.63, 3.8) is 0 Å². The first-order chi connectivity index (χ1) is 8.36. The molecule has 1 aromatic rings. The fourth-order valence-corrected chi connectivity index (χ4v) is 4.02. The maximum absolute atomic E-state index is 5.85. The van der Waals surface area contributed by atoms with Gasteiger partial charge < -0.3 is 4.74 Å². The third-order valence-corrected chi connectivity index (χ3v) is 5.17. The van der Waals surface area contributed by atoms with E-state index in [1.165, 1.54) is 49.0 Å². The van der Waals surface area contributed by atoms with Gasteiger partial charge in [-0.15, -0.1) is 0 Å². The van der Waals surface area contributed by atoms with Gasteiger partial charge in [0.15, 0.2) is 0 Å². The van der Waals surface area contributed by atoms with Crippen molar-refractivity contribution in [3.05, 3.63) is 29.3 Å². The fraction of sp³-hybridized carbons (Fsp3) is 0.600. The van der Waals surface area contributed by atoms with Crippen LogP contribution in [0.15, 0.2) is 18.2 Å². The second kappa shape index (κ2) is 5.01. The van der Waals surface area contributed by atoms with Gasteiger partial charge in [0.05, 0.1) is 6.61 Å². The minimum atomic E-state index is 0.626. The van der Waals surface area contributed by atoms with Gasteiger partial charge in [-0.3, -0.25) is 0 Å². The Balaban J connectivity index is 1.94. The summed E-state index contributed by atoms with van der Waals surface area (Å²) in [5.74, 6) is 1.84. The Bertz CT molecular complexity index is 402. The van der Waals surface area contributed by atoms with E-state index in [1.807, 2.05) is 0 Å². The number of ether oxygens (including phenoxy) is 1. The molecule has 2 atom stereocenters. The van der Waals surface area contributed by atoms with Crippen molar-refractivity contribution in [3.8, 4) is 5.75 Å². The largest absolute Gasteiger partial charge is 0.493 e. The van der Waals surface area contributed by atoms with Crippen LogP contribution in [-0.4, -0.2) is 11.4 Å². The number of fused-ring (bicyclic) bond motifs is 1. The van der Waals surface area contributed by atoms with Crippen LogP contribution in [0.4, 0.5) is 0 Å². The highest BCUT2D eigenvalue weighted by Gasteiger charge is 2.27. The first kappa shape index (κ1) is 11.6. The second-order valence-corrected chi connectivity index (χ2v) is 6.37. The zero-order valence-electron chi connectivity index (χ0n) is 10.1. The van der Waals surface area contributed by atoms with Gasteiger partial charge in [-0.05, 0) is 24.0 Å². The van der Waals surface area contributed by atoms with Gasteiger partial charge in [-0.1, -0.05) is 53.4 Å². The van der Waals surface area contributed by atoms with Crippen LogP contribution in [-0.2, 0) is 6.42 Å². The van der Waals surface area contributed by atoms with E-state index in [2.05, 4.69) is 34.1 Å². The van der Waals surface area contributed by atoms with E-state index in [1.54, 1.807) is 0 Å². The maximum Gasteiger partial charge on any atom is 0.126 e. The summed E-state index contributed by atoms with van der Waals surface area (Å²) >= 11 is 3.89. The standard InChI is InChI=1S/C15H19BrO/c16-14-8-3-1-2-6-12(14)13-7-4-5-11-9-10-17-15(11)13/h4-5,7,12,14H,1-3,6,8-10H2. The maximum atomic E-state index is 5.85. The molecule has 0 N–H and O–H groups in total. The molecule has 1 heterocycles. The topological polar surface area (TPSA) is 9.23 Å². The van der Waals surface area contributed by atoms with Crippen LogP contribution in [0.3, 0.4) is 0 Å². The molecule has 1 aliphatic heterocycles. The molecule has 17 heavy (non-hydrogen) atoms. The zero-order valence-corrected chi connectivity index (χ0v) is 11.7. The monoisotopic (exact) mass is 294 g/mol. The molecule has 1 aliphatic carbocycles. The lowest BCUT2D eigenvalue weighted by Gasteiger charge is -2.22. The van der Waals surface area contributed by atoms with Gasteiger partial charge in [0, 0.05) is 17.2 Å². The van der Waals surface area contributed by atoms with Crippen LogP contribution in [0, 0.1) is 0 Å². The molecule has 1 saturated carbocycles. The molecule has 0 amide bonds. The number of hydrogen-bond donors (Lipinski definition) is 0. The Morgan fingerprint density at radius 2 is 2.00 bits per heavy atom. The highest BCUT2D eigenvalue weighted by molar-refractivity contribution is 9.09. The number of para-hydroxylation sites is 1. The minimum Gasteiger partial charge on any atom is -0.493 e. The SMILES string of the molecule is BrC1CCCCCC1c1cccc2c1OCC2. The molecule has 0 radical (unpaired) electrons. The van der Waals surface area contributed by atoms with Crippen molar-refractivity contribution in [2.75, 3.05) is 6.61 Å². The summed E-state index contributed by atoms with van der Waals surface area (Å²) in [5, 5.41) is 0. The Morgan fingerprint density at radius 3 is 2.94 bits per heavy atom. The predicted octanol–water partition coefficient (Wildman–Crippen LogP) is 4.43. The summed E-state index contributed by atoms with van der Waals surface area (Å²) in [6.45, 7) is 0.867. The quantitative estimate of drug-likeness (QED) is 0.550. The van der Waals surface area contributed by atoms with Crippen molar-refractivity contribution in [2.45, 2.75) is 49.3 Å². The van der Waals surface area contributed by atoms with E-state index in [0.29, 0.717) is 10.7 Å². The number of hydrogen-bond acceptors (Lipinski definition) is 1. The second-order valence-electron chi connectivity index (χ2n) is 5.19. The molecule has 92 valence electrons. The fourth-order valence-electron chi connectivity index (χ4n) is 3.15. The summed E-state index contributed by atoms with van der Waals surface area (Å²) in [4.78, 5) is 0.626. The van der Waals surface area contributed by atoms with E-state index in [9.17, 15) is 0 Å². The van der Waals surface area contributed by atoms with E-state index in [-0.39, 0.29) is 0 Å². The van der Waals surface area contributed by atoms with Crippen molar-refractivity contribution in [2.24, 2.45) is 0 Å². The van der Waals surface area contributed by atoms with Crippen LogP contribution in [0.25, 0.3) is 0 Å². The van der Waals surface area contributed by atoms with Crippen LogP contribution < -0.4 is 4.74 Å². The summed E-state index contributed by atoms with van der Waals surface area (Å²) in [7, 11) is 0. The van der Waals surface area contributed by atoms with Gasteiger partial charge in [0.1, 0.15) is 5.75 Å². The molecule has 3 rings (SSSR count). The first-order valence-electron chi connectivity index (χ1n) is 6.75. The summed E-state index contributed by atoms with van der Waals surface area (Å²) < 4.78 is 5.85. The number of halogens is 1. The smallest absolute Gasteiger partial charge is 0.126 e. The highest BCUT2D eigenvalue weighted by Crippen LogP contribution is 2.42. The molecule has 0 aromatic heterocycles. The highest BCUT2D eigenvalue weighted by atomic mass is 79.9. The molecule has 0 saturated heterocycles. The van der Waals surface area contributed by atoms with E-state index < -0.39 is 0 Å². The van der Waals surface area contributed by atoms with Gasteiger partial charge >= 0.3 is 0 Å². The van der Waals surface area contributed by atoms with Gasteiger partial charge in [-0.2, -0.15) is 0 Å². The van der Waals surface area contributed by atoms with E-state index in [0.717, 1.165) is 13.0 Å². The molecule has 1 aromatic carbocycles. The Kier molecular flexibility index (Phi) is 3.41. The summed E-state index contributed by atoms with van der Waals surface area (Å²) in [6.07, 6.45) is 7.79. The van der Waals surface area contributed by atoms with Crippen molar-refractivity contribution < 1.29 is 4.74 Å². The van der Waals surface area contributed by atoms with E-state index in [4.69, 9.17) is 4.74 Å². The Labute approximate surface area is 112 Å². The molecule has 0 spiro atoms. The lowest BCUT2D eigenvalue weighted by Crippen LogP contribution is -2.11. The lowest BCUT2D eigenvalue weighted by molar-refractivity contribution is 0.350. The lowest BCUT2D eigenvalue weighted by atomic mass is 9.89. The van der Waals surface area contributed by atoms with Crippen molar-refractivity contribution in [1.82, 2.24) is 0 Å². The van der Waals surface area contributed by atoms with Gasteiger partial charge in [-0.25, -0.2) is 0 Å². The summed E-state index contributed by atoms with van der Waals surface area (Å²) in [5.41, 5.74) is 2.86. The number of rotatable bonds is 1. The molecular formula is C15H19BrO. The zero-order chi connectivity index (χ0) is 11.7. The normalized spacial score (nSPS) is 28.3. The molecule has 2 heteroatoms. The average molecular weight is 295 g/mol. The molecule has 1 nitrogen and oxygen atoms in total. The van der Waals surface area contributed by atoms with Crippen molar-refractivity contribution >= 4 is 15.9 Å². The number of alkyl halides is 1. The third kappa shape index (κ3) is 2.24. The molecule has 0 bridgehead atoms. The molecule has 2 unspecified atom stereocenters. The molecular weight excluding hydrogens is 276 g/mol. The Morgan fingerprint density at radius 1 is 1.12 bits per heavy atom. The van der Waals surface area contributed by atoms with Gasteiger partial charge in [0.2, 0.25) is 0 Å². The van der Waals surface area contributed by atoms with Crippen LogP contribution in [0.1, 0.15) is 49.1 Å². The predicted molar refractivity (Wildman–Crippen MR) is 74.2 cm³/mol. The van der Waals surface area contributed by atoms with E-state index >= 15 is 0 Å². The van der Waals surface area contributed by atoms with Gasteiger partial charge in [0.25, 0.3) is 0 Å². The third-order valence-electron chi connectivity index (χ3n) is 4.08. The minimum absolute atomic E-state index is 0.626. The van der Waals surface area contributed by atoms with Crippen LogP contribution in [0.5, 0.6) is 5.75 Å². The number of benzene rings is 1. The first-order valence-corrected chi connectivity index (χ1v) is 7.66. The van der Waals surface area contributed by atoms with Crippen LogP contribution in [0.2, 0.25) is 0 Å². The van der Waals surface area contributed by atoms with Crippen molar-refractivity contribution in [1.29, 1.82) is 0 Å². The van der Waals surface area contributed by atoms with Crippen LogP contribution >= 0.6 is 15.9 Å². The molecule has 2 aliphatic rings. The summed E-state index contributed by atoms with van der Waals surface area (Å²) in [6, 6.07) is 6.69. The molecule has 1 fully saturated rings. The average Bonchev–Trinajstić information content (AvgIpc) is 2.72. The Hall–Kier alpha value is -0.500.